The predicted octanol–water partition coefficient (Wildman–Crippen LogP) is 1.79. The van der Waals surface area contributed by atoms with Crippen LogP contribution in [0, 0.1) is 0 Å². The third-order valence-electron chi connectivity index (χ3n) is 2.68. The summed E-state index contributed by atoms with van der Waals surface area (Å²) in [5.41, 5.74) is 7.31. The van der Waals surface area contributed by atoms with E-state index in [1.54, 1.807) is 17.1 Å². The lowest BCUT2D eigenvalue weighted by Crippen LogP contribution is -2.21. The number of carbonyl (C=O) groups excluding carboxylic acids is 1. The van der Waals surface area contributed by atoms with Gasteiger partial charge in [-0.2, -0.15) is 5.10 Å². The molecule has 1 aromatic heterocycles. The quantitative estimate of drug-likeness (QED) is 0.813. The summed E-state index contributed by atoms with van der Waals surface area (Å²) >= 11 is 0. The molecule has 4 nitrogen and oxygen atoms in total. The maximum atomic E-state index is 12.1. The van der Waals surface area contributed by atoms with Gasteiger partial charge in [0, 0.05) is 12.7 Å². The summed E-state index contributed by atoms with van der Waals surface area (Å²) in [5, 5.41) is 4.07. The Hall–Kier alpha value is -1.94. The van der Waals surface area contributed by atoms with Gasteiger partial charge >= 0.3 is 0 Å². The minimum atomic E-state index is -0.620. The van der Waals surface area contributed by atoms with Crippen LogP contribution >= 0.6 is 0 Å². The van der Waals surface area contributed by atoms with Crippen molar-refractivity contribution in [2.75, 3.05) is 0 Å². The molecule has 0 saturated heterocycles. The molecular weight excluding hydrogens is 214 g/mol. The van der Waals surface area contributed by atoms with E-state index in [-0.39, 0.29) is 5.78 Å². The molecule has 1 atom stereocenters. The van der Waals surface area contributed by atoms with E-state index in [4.69, 9.17) is 5.73 Å². The Labute approximate surface area is 100 Å². The monoisotopic (exact) mass is 229 g/mol. The lowest BCUT2D eigenvalue weighted by Gasteiger charge is -2.08. The smallest absolute Gasteiger partial charge is 0.187 e. The van der Waals surface area contributed by atoms with Gasteiger partial charge in [0.15, 0.2) is 5.78 Å². The van der Waals surface area contributed by atoms with Gasteiger partial charge in [-0.1, -0.05) is 30.3 Å². The number of hydrogen-bond donors (Lipinski definition) is 1. The Morgan fingerprint density at radius 2 is 2.12 bits per heavy atom. The zero-order valence-corrected chi connectivity index (χ0v) is 9.71. The van der Waals surface area contributed by atoms with E-state index in [1.807, 2.05) is 37.3 Å². The number of ketones is 1. The molecule has 2 N–H and O–H groups in total. The van der Waals surface area contributed by atoms with Gasteiger partial charge in [0.1, 0.15) is 0 Å². The molecule has 0 unspecified atom stereocenters. The highest BCUT2D eigenvalue weighted by molar-refractivity contribution is 6.00. The summed E-state index contributed by atoms with van der Waals surface area (Å²) in [6.07, 6.45) is 3.29. The van der Waals surface area contributed by atoms with E-state index in [0.29, 0.717) is 5.56 Å². The van der Waals surface area contributed by atoms with Crippen molar-refractivity contribution in [2.24, 2.45) is 5.73 Å². The number of aromatic nitrogens is 2. The topological polar surface area (TPSA) is 60.9 Å². The maximum Gasteiger partial charge on any atom is 0.187 e. The normalized spacial score (nSPS) is 12.4. The second kappa shape index (κ2) is 4.93. The number of carbonyl (C=O) groups is 1. The molecule has 0 aliphatic carbocycles. The van der Waals surface area contributed by atoms with Crippen molar-refractivity contribution in [2.45, 2.75) is 19.5 Å². The fraction of sp³-hybridized carbons (Fsp3) is 0.231. The number of rotatable bonds is 4. The average molecular weight is 229 g/mol. The van der Waals surface area contributed by atoms with Crippen LogP contribution in [0.4, 0.5) is 0 Å². The van der Waals surface area contributed by atoms with Crippen LogP contribution < -0.4 is 5.73 Å². The molecule has 4 heteroatoms. The zero-order chi connectivity index (χ0) is 12.3. The van der Waals surface area contributed by atoms with Gasteiger partial charge < -0.3 is 5.73 Å². The average Bonchev–Trinajstić information content (AvgIpc) is 2.87. The molecule has 0 aliphatic rings. The molecule has 17 heavy (non-hydrogen) atoms. The molecule has 0 aliphatic heterocycles. The van der Waals surface area contributed by atoms with E-state index in [0.717, 1.165) is 12.1 Å². The minimum Gasteiger partial charge on any atom is -0.318 e. The molecule has 0 fully saturated rings. The first-order valence-corrected chi connectivity index (χ1v) is 5.59. The molecule has 2 aromatic rings. The van der Waals surface area contributed by atoms with Crippen LogP contribution in [0.25, 0.3) is 0 Å². The van der Waals surface area contributed by atoms with E-state index in [2.05, 4.69) is 5.10 Å². The van der Waals surface area contributed by atoms with Gasteiger partial charge in [0.2, 0.25) is 0 Å². The third-order valence-corrected chi connectivity index (χ3v) is 2.68. The summed E-state index contributed by atoms with van der Waals surface area (Å²) < 4.78 is 1.71. The van der Waals surface area contributed by atoms with Crippen molar-refractivity contribution in [1.82, 2.24) is 9.78 Å². The van der Waals surface area contributed by atoms with E-state index < -0.39 is 6.04 Å². The van der Waals surface area contributed by atoms with Crippen molar-refractivity contribution in [3.05, 3.63) is 53.9 Å². The summed E-state index contributed by atoms with van der Waals surface area (Å²) in [6.45, 7) is 2.71. The first-order chi connectivity index (χ1) is 8.22. The maximum absolute atomic E-state index is 12.1. The predicted molar refractivity (Wildman–Crippen MR) is 65.6 cm³/mol. The molecule has 0 saturated carbocycles. The molecule has 0 bridgehead atoms. The van der Waals surface area contributed by atoms with Crippen LogP contribution in [0.15, 0.2) is 42.7 Å². The minimum absolute atomic E-state index is 0.101. The molecule has 0 radical (unpaired) electrons. The van der Waals surface area contributed by atoms with Crippen LogP contribution in [-0.4, -0.2) is 15.6 Å². The molecule has 1 heterocycles. The first-order valence-electron chi connectivity index (χ1n) is 5.59. The SMILES string of the molecule is CCn1cc(C(=O)[C@H](N)c2ccccc2)cn1. The lowest BCUT2D eigenvalue weighted by atomic mass is 10.0. The van der Waals surface area contributed by atoms with Crippen LogP contribution in [0.5, 0.6) is 0 Å². The van der Waals surface area contributed by atoms with Crippen molar-refractivity contribution >= 4 is 5.78 Å². The number of benzene rings is 1. The number of nitrogens with zero attached hydrogens (tertiary/aromatic N) is 2. The Morgan fingerprint density at radius 1 is 1.41 bits per heavy atom. The molecule has 0 spiro atoms. The van der Waals surface area contributed by atoms with Crippen molar-refractivity contribution in [3.8, 4) is 0 Å². The number of hydrogen-bond acceptors (Lipinski definition) is 3. The zero-order valence-electron chi connectivity index (χ0n) is 9.71. The third kappa shape index (κ3) is 2.42. The molecular formula is C13H15N3O. The van der Waals surface area contributed by atoms with Crippen molar-refractivity contribution in [3.63, 3.8) is 0 Å². The lowest BCUT2D eigenvalue weighted by molar-refractivity contribution is 0.0961. The number of nitrogens with two attached hydrogens (primary N) is 1. The van der Waals surface area contributed by atoms with Crippen LogP contribution in [0.1, 0.15) is 28.9 Å². The van der Waals surface area contributed by atoms with Crippen molar-refractivity contribution in [1.29, 1.82) is 0 Å². The van der Waals surface area contributed by atoms with E-state index in [1.165, 1.54) is 0 Å². The summed E-state index contributed by atoms with van der Waals surface area (Å²) in [4.78, 5) is 12.1. The molecule has 2 rings (SSSR count). The Morgan fingerprint density at radius 3 is 2.71 bits per heavy atom. The number of Topliss-reactive ketones (excluding diaryl/α,β-unsaturated/α-hetero) is 1. The van der Waals surface area contributed by atoms with Gasteiger partial charge in [-0.15, -0.1) is 0 Å². The van der Waals surface area contributed by atoms with Gasteiger partial charge in [-0.05, 0) is 12.5 Å². The van der Waals surface area contributed by atoms with E-state index in [9.17, 15) is 4.79 Å². The number of aryl methyl sites for hydroxylation is 1. The fourth-order valence-corrected chi connectivity index (χ4v) is 1.66. The molecule has 88 valence electrons. The van der Waals surface area contributed by atoms with Gasteiger partial charge in [-0.25, -0.2) is 0 Å². The summed E-state index contributed by atoms with van der Waals surface area (Å²) in [5.74, 6) is -0.101. The molecule has 0 amide bonds. The largest absolute Gasteiger partial charge is 0.318 e. The second-order valence-corrected chi connectivity index (χ2v) is 3.84. The van der Waals surface area contributed by atoms with E-state index >= 15 is 0 Å². The van der Waals surface area contributed by atoms with Gasteiger partial charge in [-0.3, -0.25) is 9.48 Å². The summed E-state index contributed by atoms with van der Waals surface area (Å²) in [6, 6.07) is 8.73. The Kier molecular flexibility index (Phi) is 3.35. The second-order valence-electron chi connectivity index (χ2n) is 3.84. The van der Waals surface area contributed by atoms with Crippen LogP contribution in [0.2, 0.25) is 0 Å². The van der Waals surface area contributed by atoms with Gasteiger partial charge in [0.25, 0.3) is 0 Å². The van der Waals surface area contributed by atoms with Crippen molar-refractivity contribution < 1.29 is 4.79 Å². The van der Waals surface area contributed by atoms with Crippen LogP contribution in [0.3, 0.4) is 0 Å². The molecule has 1 aromatic carbocycles. The highest BCUT2D eigenvalue weighted by Crippen LogP contribution is 2.15. The first kappa shape index (κ1) is 11.5. The fourth-order valence-electron chi connectivity index (χ4n) is 1.66. The summed E-state index contributed by atoms with van der Waals surface area (Å²) in [7, 11) is 0. The van der Waals surface area contributed by atoms with Gasteiger partial charge in [0.05, 0.1) is 17.8 Å². The Balaban J connectivity index is 2.20. The standard InChI is InChI=1S/C13H15N3O/c1-2-16-9-11(8-15-16)13(17)12(14)10-6-4-3-5-7-10/h3-9,12H,2,14H2,1H3/t12-/m1/s1. The highest BCUT2D eigenvalue weighted by atomic mass is 16.1. The Bertz CT molecular complexity index is 504. The highest BCUT2D eigenvalue weighted by Gasteiger charge is 2.18. The van der Waals surface area contributed by atoms with Crippen LogP contribution in [-0.2, 0) is 6.54 Å².